The molecule has 0 unspecified atom stereocenters. The molecule has 0 aliphatic rings. The molecule has 0 aromatic heterocycles. The van der Waals surface area contributed by atoms with Crippen LogP contribution in [0.25, 0.3) is 0 Å². The molecule has 0 amide bonds. The Balaban J connectivity index is 0. The molecular weight excluding hydrogens is 143 g/mol. The Kier molecular flexibility index (Phi) is 823. The Morgan fingerprint density at radius 3 is 0.750 bits per heavy atom. The van der Waals surface area contributed by atoms with Crippen molar-refractivity contribution in [1.29, 1.82) is 0 Å². The summed E-state index contributed by atoms with van der Waals surface area (Å²) in [6.07, 6.45) is 0. The molecule has 0 spiro atoms. The zero-order valence-corrected chi connectivity index (χ0v) is 3.99. The number of hydrogen-bond donors (Lipinski definition) is 0. The number of rotatable bonds is 0. The standard InChI is InChI=1S/Cr.Ni.2H2O/h;;2*1H2. The maximum atomic E-state index is 0. The Morgan fingerprint density at radius 2 is 0.750 bits per heavy atom. The first-order chi connectivity index (χ1) is 0. The van der Waals surface area contributed by atoms with E-state index in [1.807, 2.05) is 0 Å². The van der Waals surface area contributed by atoms with Crippen LogP contribution in [-0.2, 0) is 33.9 Å². The maximum absolute atomic E-state index is 0. The SMILES string of the molecule is O.O.[Cr].[Ni]. The van der Waals surface area contributed by atoms with Crippen LogP contribution in [0.5, 0.6) is 0 Å². The van der Waals surface area contributed by atoms with Crippen molar-refractivity contribution in [3.05, 3.63) is 0 Å². The molecule has 0 aromatic rings. The van der Waals surface area contributed by atoms with E-state index < -0.39 is 0 Å². The van der Waals surface area contributed by atoms with Gasteiger partial charge in [0.2, 0.25) is 0 Å². The van der Waals surface area contributed by atoms with Crippen LogP contribution in [0.1, 0.15) is 0 Å². The Labute approximate surface area is 45.3 Å². The summed E-state index contributed by atoms with van der Waals surface area (Å²) < 4.78 is 0. The van der Waals surface area contributed by atoms with Crippen molar-refractivity contribution in [2.24, 2.45) is 0 Å². The third-order valence-corrected chi connectivity index (χ3v) is 0. The Morgan fingerprint density at radius 1 is 0.750 bits per heavy atom. The molecule has 0 aliphatic carbocycles. The minimum Gasteiger partial charge on any atom is -0.412 e. The summed E-state index contributed by atoms with van der Waals surface area (Å²) in [6.45, 7) is 0. The Hall–Kier alpha value is 0.946. The molecule has 0 saturated carbocycles. The van der Waals surface area contributed by atoms with Gasteiger partial charge < -0.3 is 11.0 Å². The number of hydrogen-bond acceptors (Lipinski definition) is 0. The van der Waals surface area contributed by atoms with Gasteiger partial charge >= 0.3 is 0 Å². The topological polar surface area (TPSA) is 63.0 Å². The third-order valence-electron chi connectivity index (χ3n) is 0. The molecule has 0 heterocycles. The van der Waals surface area contributed by atoms with Gasteiger partial charge in [0.15, 0.2) is 0 Å². The van der Waals surface area contributed by atoms with Crippen LogP contribution in [0.2, 0.25) is 0 Å². The van der Waals surface area contributed by atoms with Gasteiger partial charge in [0.1, 0.15) is 0 Å². The van der Waals surface area contributed by atoms with Gasteiger partial charge in [0.05, 0.1) is 0 Å². The largest absolute Gasteiger partial charge is 0.412 e. The first kappa shape index (κ1) is 86.1. The summed E-state index contributed by atoms with van der Waals surface area (Å²) in [4.78, 5) is 0. The monoisotopic (exact) mass is 146 g/mol. The average molecular weight is 147 g/mol. The molecule has 4 heteroatoms. The van der Waals surface area contributed by atoms with Crippen molar-refractivity contribution in [2.75, 3.05) is 0 Å². The van der Waals surface area contributed by atoms with Gasteiger partial charge in [0.25, 0.3) is 0 Å². The summed E-state index contributed by atoms with van der Waals surface area (Å²) in [7, 11) is 0. The van der Waals surface area contributed by atoms with E-state index in [0.29, 0.717) is 0 Å². The second-order valence-electron chi connectivity index (χ2n) is 0. The molecule has 2 nitrogen and oxygen atoms in total. The molecule has 0 fully saturated rings. The zero-order valence-electron chi connectivity index (χ0n) is 1.72. The van der Waals surface area contributed by atoms with Crippen LogP contribution in [-0.4, -0.2) is 11.0 Å². The average Bonchev–Trinajstić information content (AvgIpc) is 0. The summed E-state index contributed by atoms with van der Waals surface area (Å²) in [5.74, 6) is 0. The van der Waals surface area contributed by atoms with Crippen LogP contribution >= 0.6 is 0 Å². The van der Waals surface area contributed by atoms with E-state index in [1.165, 1.54) is 0 Å². The van der Waals surface area contributed by atoms with Gasteiger partial charge in [-0.05, 0) is 0 Å². The van der Waals surface area contributed by atoms with Crippen LogP contribution in [0.15, 0.2) is 0 Å². The van der Waals surface area contributed by atoms with Crippen molar-refractivity contribution in [2.45, 2.75) is 0 Å². The molecule has 0 rings (SSSR count). The summed E-state index contributed by atoms with van der Waals surface area (Å²) in [5, 5.41) is 0. The molecule has 0 aliphatic heterocycles. The van der Waals surface area contributed by atoms with Crippen molar-refractivity contribution in [3.8, 4) is 0 Å². The maximum Gasteiger partial charge on any atom is 0 e. The second kappa shape index (κ2) is 38.3. The minimum absolute atomic E-state index is 0. The molecular formula is H4CrNiO2. The third kappa shape index (κ3) is 12.5. The first-order valence-corrected chi connectivity index (χ1v) is 0. The van der Waals surface area contributed by atoms with E-state index in [-0.39, 0.29) is 44.8 Å². The van der Waals surface area contributed by atoms with Gasteiger partial charge in [-0.25, -0.2) is 0 Å². The van der Waals surface area contributed by atoms with Gasteiger partial charge in [-0.3, -0.25) is 0 Å². The molecule has 0 atom stereocenters. The normalized spacial score (nSPS) is 0. The van der Waals surface area contributed by atoms with E-state index in [4.69, 9.17) is 0 Å². The van der Waals surface area contributed by atoms with Crippen LogP contribution in [0.3, 0.4) is 0 Å². The zero-order chi connectivity index (χ0) is 0. The molecule has 4 N–H and O–H groups in total. The van der Waals surface area contributed by atoms with Crippen LogP contribution in [0, 0.1) is 0 Å². The molecule has 4 heavy (non-hydrogen) atoms. The second-order valence-corrected chi connectivity index (χ2v) is 0. The molecule has 0 radical (unpaired) electrons. The van der Waals surface area contributed by atoms with Crippen molar-refractivity contribution in [3.63, 3.8) is 0 Å². The minimum atomic E-state index is 0. The first-order valence-electron chi connectivity index (χ1n) is 0. The summed E-state index contributed by atoms with van der Waals surface area (Å²) in [5.41, 5.74) is 0. The molecule has 0 saturated heterocycles. The van der Waals surface area contributed by atoms with E-state index in [1.54, 1.807) is 0 Å². The molecule has 32 valence electrons. The van der Waals surface area contributed by atoms with E-state index in [2.05, 4.69) is 0 Å². The molecule has 0 aromatic carbocycles. The van der Waals surface area contributed by atoms with E-state index >= 15 is 0 Å². The summed E-state index contributed by atoms with van der Waals surface area (Å²) >= 11 is 0. The smallest absolute Gasteiger partial charge is 0 e. The van der Waals surface area contributed by atoms with Crippen LogP contribution < -0.4 is 0 Å². The van der Waals surface area contributed by atoms with Gasteiger partial charge in [-0.2, -0.15) is 0 Å². The fraction of sp³-hybridized carbons (Fsp3) is 0. The van der Waals surface area contributed by atoms with Crippen molar-refractivity contribution >= 4 is 0 Å². The van der Waals surface area contributed by atoms with Crippen LogP contribution in [0.4, 0.5) is 0 Å². The van der Waals surface area contributed by atoms with Gasteiger partial charge in [-0.15, -0.1) is 0 Å². The van der Waals surface area contributed by atoms with Crippen molar-refractivity contribution in [1.82, 2.24) is 0 Å². The Bertz CT molecular complexity index is 6.00. The van der Waals surface area contributed by atoms with Gasteiger partial charge in [0, 0.05) is 33.9 Å². The fourth-order valence-corrected chi connectivity index (χ4v) is 0. The van der Waals surface area contributed by atoms with Gasteiger partial charge in [-0.1, -0.05) is 0 Å². The summed E-state index contributed by atoms with van der Waals surface area (Å²) in [6, 6.07) is 0. The molecule has 0 bridgehead atoms. The van der Waals surface area contributed by atoms with Crippen molar-refractivity contribution < 1.29 is 44.8 Å². The quantitative estimate of drug-likeness (QED) is 0.368. The van der Waals surface area contributed by atoms with E-state index in [9.17, 15) is 0 Å². The predicted octanol–water partition coefficient (Wildman–Crippen LogP) is -1.65. The fourth-order valence-electron chi connectivity index (χ4n) is 0. The van der Waals surface area contributed by atoms with E-state index in [0.717, 1.165) is 0 Å². The predicted molar refractivity (Wildman–Crippen MR) is 7.23 cm³/mol.